The molecule has 0 unspecified atom stereocenters. The van der Waals surface area contributed by atoms with E-state index in [4.69, 9.17) is 9.31 Å². The molecule has 1 aliphatic rings. The fourth-order valence-electron chi connectivity index (χ4n) is 2.46. The van der Waals surface area contributed by atoms with Crippen molar-refractivity contribution in [3.8, 4) is 0 Å². The van der Waals surface area contributed by atoms with Crippen LogP contribution in [0, 0.1) is 0 Å². The lowest BCUT2D eigenvalue weighted by atomic mass is 9.76. The lowest BCUT2D eigenvalue weighted by molar-refractivity contribution is 0.00578. The average Bonchev–Trinajstić information content (AvgIpc) is 2.59. The first-order valence-corrected chi connectivity index (χ1v) is 7.64. The van der Waals surface area contributed by atoms with Crippen LogP contribution in [0.4, 0.5) is 0 Å². The van der Waals surface area contributed by atoms with Gasteiger partial charge in [0.05, 0.1) is 11.2 Å². The maximum absolute atomic E-state index is 6.16. The van der Waals surface area contributed by atoms with E-state index in [2.05, 4.69) is 67.9 Å². The normalized spacial score (nSPS) is 20.6. The Bertz CT molecular complexity index is 651. The SMILES string of the molecule is CC1(C)OB(c2ccc(Br)c3ccccc23)OC1(C)C. The van der Waals surface area contributed by atoms with Gasteiger partial charge in [0.15, 0.2) is 0 Å². The van der Waals surface area contributed by atoms with Crippen LogP contribution < -0.4 is 5.46 Å². The second-order valence-electron chi connectivity index (χ2n) is 6.27. The largest absolute Gasteiger partial charge is 0.495 e. The summed E-state index contributed by atoms with van der Waals surface area (Å²) in [5, 5.41) is 2.35. The van der Waals surface area contributed by atoms with Gasteiger partial charge in [-0.2, -0.15) is 0 Å². The van der Waals surface area contributed by atoms with E-state index in [1.807, 2.05) is 12.1 Å². The number of halogens is 1. The van der Waals surface area contributed by atoms with Gasteiger partial charge in [-0.15, -0.1) is 0 Å². The highest BCUT2D eigenvalue weighted by molar-refractivity contribution is 9.10. The number of hydrogen-bond donors (Lipinski definition) is 0. The second-order valence-corrected chi connectivity index (χ2v) is 7.12. The maximum atomic E-state index is 6.16. The van der Waals surface area contributed by atoms with Crippen molar-refractivity contribution in [1.82, 2.24) is 0 Å². The fraction of sp³-hybridized carbons (Fsp3) is 0.375. The Morgan fingerprint density at radius 1 is 0.850 bits per heavy atom. The highest BCUT2D eigenvalue weighted by Crippen LogP contribution is 2.37. The van der Waals surface area contributed by atoms with Crippen molar-refractivity contribution in [3.05, 3.63) is 40.9 Å². The first-order chi connectivity index (χ1) is 9.32. The predicted octanol–water partition coefficient (Wildman–Crippen LogP) is 3.90. The summed E-state index contributed by atoms with van der Waals surface area (Å²) < 4.78 is 13.4. The first-order valence-electron chi connectivity index (χ1n) is 6.85. The van der Waals surface area contributed by atoms with Crippen LogP contribution in [0.25, 0.3) is 10.8 Å². The quantitative estimate of drug-likeness (QED) is 0.737. The number of hydrogen-bond acceptors (Lipinski definition) is 2. The highest BCUT2D eigenvalue weighted by Gasteiger charge is 2.52. The molecule has 0 spiro atoms. The molecule has 0 saturated carbocycles. The molecule has 104 valence electrons. The van der Waals surface area contributed by atoms with E-state index < -0.39 is 0 Å². The minimum absolute atomic E-state index is 0.314. The third kappa shape index (κ3) is 2.10. The van der Waals surface area contributed by atoms with Gasteiger partial charge >= 0.3 is 7.12 Å². The summed E-state index contributed by atoms with van der Waals surface area (Å²) in [6.07, 6.45) is 0. The Kier molecular flexibility index (Phi) is 3.24. The zero-order chi connectivity index (χ0) is 14.5. The molecule has 0 aliphatic carbocycles. The first kappa shape index (κ1) is 14.1. The molecule has 20 heavy (non-hydrogen) atoms. The molecule has 3 rings (SSSR count). The summed E-state index contributed by atoms with van der Waals surface area (Å²) in [5.74, 6) is 0. The van der Waals surface area contributed by atoms with Crippen molar-refractivity contribution in [1.29, 1.82) is 0 Å². The van der Waals surface area contributed by atoms with Crippen molar-refractivity contribution in [3.63, 3.8) is 0 Å². The minimum Gasteiger partial charge on any atom is -0.399 e. The van der Waals surface area contributed by atoms with E-state index >= 15 is 0 Å². The minimum atomic E-state index is -0.321. The molecule has 2 aromatic carbocycles. The van der Waals surface area contributed by atoms with Gasteiger partial charge in [0, 0.05) is 4.47 Å². The average molecular weight is 333 g/mol. The topological polar surface area (TPSA) is 18.5 Å². The van der Waals surface area contributed by atoms with Crippen molar-refractivity contribution >= 4 is 39.3 Å². The summed E-state index contributed by atoms with van der Waals surface area (Å²) in [6, 6.07) is 12.4. The predicted molar refractivity (Wildman–Crippen MR) is 87.4 cm³/mol. The van der Waals surface area contributed by atoms with Gasteiger partial charge in [-0.3, -0.25) is 0 Å². The fourth-order valence-corrected chi connectivity index (χ4v) is 2.94. The van der Waals surface area contributed by atoms with Crippen LogP contribution in [0.5, 0.6) is 0 Å². The van der Waals surface area contributed by atoms with Gasteiger partial charge in [0.25, 0.3) is 0 Å². The summed E-state index contributed by atoms with van der Waals surface area (Å²) >= 11 is 3.60. The van der Waals surface area contributed by atoms with Gasteiger partial charge in [-0.05, 0) is 50.0 Å². The molecule has 0 aromatic heterocycles. The van der Waals surface area contributed by atoms with E-state index in [0.717, 1.165) is 9.94 Å². The van der Waals surface area contributed by atoms with Crippen LogP contribution in [0.15, 0.2) is 40.9 Å². The molecule has 2 aromatic rings. The second kappa shape index (κ2) is 4.59. The van der Waals surface area contributed by atoms with Crippen LogP contribution >= 0.6 is 15.9 Å². The maximum Gasteiger partial charge on any atom is 0.495 e. The molecular formula is C16H18BBrO2. The zero-order valence-corrected chi connectivity index (χ0v) is 13.8. The van der Waals surface area contributed by atoms with Crippen molar-refractivity contribution in [2.75, 3.05) is 0 Å². The summed E-state index contributed by atoms with van der Waals surface area (Å²) in [5.41, 5.74) is 0.458. The summed E-state index contributed by atoms with van der Waals surface area (Å²) in [7, 11) is -0.321. The molecule has 0 N–H and O–H groups in total. The third-order valence-electron chi connectivity index (χ3n) is 4.41. The molecule has 1 aliphatic heterocycles. The molecule has 0 atom stereocenters. The van der Waals surface area contributed by atoms with Crippen LogP contribution in [0.2, 0.25) is 0 Å². The Balaban J connectivity index is 2.11. The molecule has 1 fully saturated rings. The monoisotopic (exact) mass is 332 g/mol. The van der Waals surface area contributed by atoms with Crippen LogP contribution in [0.1, 0.15) is 27.7 Å². The van der Waals surface area contributed by atoms with Crippen molar-refractivity contribution in [2.24, 2.45) is 0 Å². The Morgan fingerprint density at radius 3 is 2.00 bits per heavy atom. The van der Waals surface area contributed by atoms with Gasteiger partial charge in [-0.1, -0.05) is 46.3 Å². The van der Waals surface area contributed by atoms with Gasteiger partial charge in [0.2, 0.25) is 0 Å². The molecular weight excluding hydrogens is 315 g/mol. The number of benzene rings is 2. The third-order valence-corrected chi connectivity index (χ3v) is 5.10. The van der Waals surface area contributed by atoms with E-state index in [9.17, 15) is 0 Å². The van der Waals surface area contributed by atoms with E-state index in [1.165, 1.54) is 10.8 Å². The molecule has 2 nitrogen and oxygen atoms in total. The Labute approximate surface area is 128 Å². The molecule has 0 amide bonds. The van der Waals surface area contributed by atoms with Gasteiger partial charge in [0.1, 0.15) is 0 Å². The standard InChI is InChI=1S/C16H18BBrO2/c1-15(2)16(3,4)20-17(19-15)13-9-10-14(18)12-8-6-5-7-11(12)13/h5-10H,1-4H3. The number of fused-ring (bicyclic) bond motifs is 1. The lowest BCUT2D eigenvalue weighted by Crippen LogP contribution is -2.41. The van der Waals surface area contributed by atoms with Crippen molar-refractivity contribution < 1.29 is 9.31 Å². The van der Waals surface area contributed by atoms with Crippen LogP contribution in [0.3, 0.4) is 0 Å². The Morgan fingerprint density at radius 2 is 1.40 bits per heavy atom. The zero-order valence-electron chi connectivity index (χ0n) is 12.2. The van der Waals surface area contributed by atoms with Gasteiger partial charge < -0.3 is 9.31 Å². The Hall–Kier alpha value is -0.835. The highest BCUT2D eigenvalue weighted by atomic mass is 79.9. The molecule has 1 saturated heterocycles. The molecule has 1 heterocycles. The molecule has 0 radical (unpaired) electrons. The summed E-state index contributed by atoms with van der Waals surface area (Å²) in [4.78, 5) is 0. The smallest absolute Gasteiger partial charge is 0.399 e. The number of rotatable bonds is 1. The van der Waals surface area contributed by atoms with Gasteiger partial charge in [-0.25, -0.2) is 0 Å². The van der Waals surface area contributed by atoms with E-state index in [1.54, 1.807) is 0 Å². The molecule has 0 bridgehead atoms. The van der Waals surface area contributed by atoms with E-state index in [-0.39, 0.29) is 18.3 Å². The lowest BCUT2D eigenvalue weighted by Gasteiger charge is -2.32. The molecule has 4 heteroatoms. The summed E-state index contributed by atoms with van der Waals surface area (Å²) in [6.45, 7) is 8.31. The van der Waals surface area contributed by atoms with Crippen LogP contribution in [-0.4, -0.2) is 18.3 Å². The van der Waals surface area contributed by atoms with Crippen LogP contribution in [-0.2, 0) is 9.31 Å². The van der Waals surface area contributed by atoms with Crippen molar-refractivity contribution in [2.45, 2.75) is 38.9 Å². The van der Waals surface area contributed by atoms with E-state index in [0.29, 0.717) is 0 Å².